The quantitative estimate of drug-likeness (QED) is 0.174. The molecule has 1 aromatic carbocycles. The Hall–Kier alpha value is -4.05. The molecule has 0 bridgehead atoms. The lowest BCUT2D eigenvalue weighted by Gasteiger charge is -2.24. The average molecular weight is 536 g/mol. The molecule has 38 heavy (non-hydrogen) atoms. The SMILES string of the molecule is COc1cc(C2C(=C(O)c3ccncc3)C(=O)C(=O)N2c2nc(C)c(C(C)=O)s2)ccc1OCCC(C)C. The fraction of sp³-hybridized carbons (Fsp3) is 0.321. The number of nitrogens with zero attached hydrogens (tertiary/aromatic N) is 3. The summed E-state index contributed by atoms with van der Waals surface area (Å²) in [5.74, 6) is -0.846. The third-order valence-corrected chi connectivity index (χ3v) is 7.42. The van der Waals surface area contributed by atoms with Crippen LogP contribution in [0.4, 0.5) is 5.13 Å². The highest BCUT2D eigenvalue weighted by molar-refractivity contribution is 7.18. The van der Waals surface area contributed by atoms with Crippen molar-refractivity contribution in [3.8, 4) is 11.5 Å². The van der Waals surface area contributed by atoms with E-state index < -0.39 is 17.7 Å². The Labute approximate surface area is 224 Å². The Morgan fingerprint density at radius 3 is 2.47 bits per heavy atom. The van der Waals surface area contributed by atoms with Gasteiger partial charge in [0, 0.05) is 24.9 Å². The molecule has 3 aromatic rings. The van der Waals surface area contributed by atoms with Crippen molar-refractivity contribution < 1.29 is 29.0 Å². The molecule has 1 saturated heterocycles. The average Bonchev–Trinajstić information content (AvgIpc) is 3.41. The number of Topliss-reactive ketones (excluding diaryl/α,β-unsaturated/α-hetero) is 2. The third-order valence-electron chi connectivity index (χ3n) is 6.17. The zero-order chi connectivity index (χ0) is 27.6. The zero-order valence-corrected chi connectivity index (χ0v) is 22.7. The van der Waals surface area contributed by atoms with Gasteiger partial charge in [-0.25, -0.2) is 4.98 Å². The topological polar surface area (TPSA) is 119 Å². The summed E-state index contributed by atoms with van der Waals surface area (Å²) < 4.78 is 11.5. The van der Waals surface area contributed by atoms with Crippen LogP contribution >= 0.6 is 11.3 Å². The minimum atomic E-state index is -1.02. The van der Waals surface area contributed by atoms with Gasteiger partial charge in [0.1, 0.15) is 5.76 Å². The number of benzene rings is 1. The number of amides is 1. The van der Waals surface area contributed by atoms with Crippen molar-refractivity contribution in [1.82, 2.24) is 9.97 Å². The molecule has 0 spiro atoms. The van der Waals surface area contributed by atoms with E-state index >= 15 is 0 Å². The van der Waals surface area contributed by atoms with Crippen LogP contribution < -0.4 is 14.4 Å². The lowest BCUT2D eigenvalue weighted by atomic mass is 9.95. The van der Waals surface area contributed by atoms with Crippen molar-refractivity contribution in [2.45, 2.75) is 40.2 Å². The molecule has 0 radical (unpaired) electrons. The Morgan fingerprint density at radius 2 is 1.87 bits per heavy atom. The van der Waals surface area contributed by atoms with Crippen LogP contribution in [0.5, 0.6) is 11.5 Å². The van der Waals surface area contributed by atoms with Crippen molar-refractivity contribution in [3.63, 3.8) is 0 Å². The summed E-state index contributed by atoms with van der Waals surface area (Å²) >= 11 is 1.03. The standard InChI is InChI=1S/C28H29N3O6S/c1-15(2)10-13-37-20-7-6-19(14-21(20)36-5)23-22(24(33)18-8-11-29-12-9-18)25(34)27(35)31(23)28-30-16(3)26(38-28)17(4)32/h6-9,11-12,14-15,23,33H,10,13H2,1-5H3. The predicted molar refractivity (Wildman–Crippen MR) is 144 cm³/mol. The maximum Gasteiger partial charge on any atom is 0.301 e. The van der Waals surface area contributed by atoms with Crippen LogP contribution in [0.3, 0.4) is 0 Å². The summed E-state index contributed by atoms with van der Waals surface area (Å²) in [6.07, 6.45) is 3.82. The molecule has 10 heteroatoms. The minimum absolute atomic E-state index is 0.103. The number of aliphatic hydroxyl groups excluding tert-OH is 1. The summed E-state index contributed by atoms with van der Waals surface area (Å²) in [5, 5.41) is 11.4. The van der Waals surface area contributed by atoms with E-state index in [-0.39, 0.29) is 22.2 Å². The molecular formula is C28H29N3O6S. The molecule has 0 aliphatic carbocycles. The van der Waals surface area contributed by atoms with Gasteiger partial charge in [-0.15, -0.1) is 0 Å². The summed E-state index contributed by atoms with van der Waals surface area (Å²) in [6.45, 7) is 7.80. The van der Waals surface area contributed by atoms with Crippen LogP contribution in [0.1, 0.15) is 59.7 Å². The van der Waals surface area contributed by atoms with Gasteiger partial charge in [-0.3, -0.25) is 24.3 Å². The third kappa shape index (κ3) is 5.17. The van der Waals surface area contributed by atoms with Gasteiger partial charge in [0.05, 0.1) is 35.9 Å². The van der Waals surface area contributed by atoms with E-state index in [4.69, 9.17) is 9.47 Å². The molecule has 1 atom stereocenters. The van der Waals surface area contributed by atoms with E-state index in [2.05, 4.69) is 23.8 Å². The minimum Gasteiger partial charge on any atom is -0.507 e. The monoisotopic (exact) mass is 535 g/mol. The number of hydrogen-bond acceptors (Lipinski definition) is 9. The van der Waals surface area contributed by atoms with Crippen molar-refractivity contribution in [2.24, 2.45) is 5.92 Å². The van der Waals surface area contributed by atoms with Crippen molar-refractivity contribution in [2.75, 3.05) is 18.6 Å². The number of aliphatic hydroxyl groups is 1. The normalized spacial score (nSPS) is 16.8. The molecule has 9 nitrogen and oxygen atoms in total. The fourth-order valence-corrected chi connectivity index (χ4v) is 5.19. The van der Waals surface area contributed by atoms with Crippen LogP contribution in [0.2, 0.25) is 0 Å². The highest BCUT2D eigenvalue weighted by Crippen LogP contribution is 2.45. The Balaban J connectivity index is 1.88. The number of methoxy groups -OCH3 is 1. The number of aromatic nitrogens is 2. The molecule has 198 valence electrons. The molecule has 1 amide bonds. The maximum atomic E-state index is 13.4. The Bertz CT molecular complexity index is 1410. The molecule has 3 heterocycles. The molecule has 1 aliphatic rings. The second-order valence-electron chi connectivity index (χ2n) is 9.31. The first kappa shape index (κ1) is 27.0. The summed E-state index contributed by atoms with van der Waals surface area (Å²) in [7, 11) is 1.51. The lowest BCUT2D eigenvalue weighted by molar-refractivity contribution is -0.132. The van der Waals surface area contributed by atoms with Crippen molar-refractivity contribution in [3.05, 3.63) is 70.0 Å². The molecule has 1 fully saturated rings. The van der Waals surface area contributed by atoms with E-state index in [0.29, 0.717) is 45.7 Å². The highest BCUT2D eigenvalue weighted by atomic mass is 32.1. The number of hydrogen-bond donors (Lipinski definition) is 1. The van der Waals surface area contributed by atoms with E-state index in [1.54, 1.807) is 37.3 Å². The van der Waals surface area contributed by atoms with Gasteiger partial charge in [0.15, 0.2) is 22.4 Å². The van der Waals surface area contributed by atoms with Gasteiger partial charge in [-0.1, -0.05) is 31.3 Å². The zero-order valence-electron chi connectivity index (χ0n) is 21.8. The van der Waals surface area contributed by atoms with Gasteiger partial charge >= 0.3 is 5.91 Å². The first-order valence-corrected chi connectivity index (χ1v) is 13.0. The van der Waals surface area contributed by atoms with Crippen molar-refractivity contribution in [1.29, 1.82) is 0 Å². The highest BCUT2D eigenvalue weighted by Gasteiger charge is 2.48. The molecule has 4 rings (SSSR count). The first-order valence-electron chi connectivity index (χ1n) is 12.1. The van der Waals surface area contributed by atoms with E-state index in [9.17, 15) is 19.5 Å². The number of carbonyl (C=O) groups is 3. The van der Waals surface area contributed by atoms with Crippen molar-refractivity contribution >= 4 is 39.7 Å². The first-order chi connectivity index (χ1) is 18.1. The van der Waals surface area contributed by atoms with Gasteiger partial charge in [0.2, 0.25) is 0 Å². The van der Waals surface area contributed by atoms with Crippen LogP contribution in [-0.4, -0.2) is 46.3 Å². The predicted octanol–water partition coefficient (Wildman–Crippen LogP) is 5.11. The number of carbonyl (C=O) groups excluding carboxylic acids is 3. The lowest BCUT2D eigenvalue weighted by Crippen LogP contribution is -2.29. The second-order valence-corrected chi connectivity index (χ2v) is 10.3. The Morgan fingerprint density at radius 1 is 1.16 bits per heavy atom. The number of anilines is 1. The second kappa shape index (κ2) is 11.1. The number of thiazole rings is 1. The maximum absolute atomic E-state index is 13.4. The summed E-state index contributed by atoms with van der Waals surface area (Å²) in [5.41, 5.74) is 1.20. The smallest absolute Gasteiger partial charge is 0.301 e. The summed E-state index contributed by atoms with van der Waals surface area (Å²) in [6, 6.07) is 7.20. The Kier molecular flexibility index (Phi) is 7.91. The molecule has 2 aromatic heterocycles. The van der Waals surface area contributed by atoms with E-state index in [0.717, 1.165) is 17.8 Å². The molecule has 0 saturated carbocycles. The molecule has 1 unspecified atom stereocenters. The number of pyridine rings is 1. The largest absolute Gasteiger partial charge is 0.507 e. The number of aryl methyl sites for hydroxylation is 1. The van der Waals surface area contributed by atoms with E-state index in [1.165, 1.54) is 31.3 Å². The van der Waals surface area contributed by atoms with Gasteiger partial charge in [0.25, 0.3) is 5.78 Å². The van der Waals surface area contributed by atoms with Crippen LogP contribution in [-0.2, 0) is 9.59 Å². The van der Waals surface area contributed by atoms with E-state index in [1.807, 2.05) is 0 Å². The van der Waals surface area contributed by atoms with Gasteiger partial charge in [-0.05, 0) is 49.1 Å². The molecular weight excluding hydrogens is 506 g/mol. The number of ketones is 2. The van der Waals surface area contributed by atoms with Gasteiger partial charge < -0.3 is 14.6 Å². The summed E-state index contributed by atoms with van der Waals surface area (Å²) in [4.78, 5) is 48.9. The van der Waals surface area contributed by atoms with Crippen LogP contribution in [0.25, 0.3) is 5.76 Å². The molecule has 1 aliphatic heterocycles. The van der Waals surface area contributed by atoms with Gasteiger partial charge in [-0.2, -0.15) is 0 Å². The number of ether oxygens (including phenoxy) is 2. The molecule has 1 N–H and O–H groups in total. The number of rotatable bonds is 9. The van der Waals surface area contributed by atoms with Crippen LogP contribution in [0.15, 0.2) is 48.3 Å². The van der Waals surface area contributed by atoms with Crippen LogP contribution in [0, 0.1) is 12.8 Å². The fourth-order valence-electron chi connectivity index (χ4n) is 4.20.